The van der Waals surface area contributed by atoms with Crippen molar-refractivity contribution in [3.63, 3.8) is 0 Å². The average molecular weight is 518 g/mol. The van der Waals surface area contributed by atoms with Crippen LogP contribution in [0.5, 0.6) is 0 Å². The molecule has 0 radical (unpaired) electrons. The number of para-hydroxylation sites is 1. The van der Waals surface area contributed by atoms with Crippen molar-refractivity contribution >= 4 is 50.5 Å². The van der Waals surface area contributed by atoms with E-state index < -0.39 is 10.0 Å². The van der Waals surface area contributed by atoms with Crippen molar-refractivity contribution in [2.24, 2.45) is 0 Å². The van der Waals surface area contributed by atoms with Crippen LogP contribution >= 0.6 is 23.2 Å². The van der Waals surface area contributed by atoms with E-state index in [0.717, 1.165) is 16.8 Å². The molecular weight excluding hydrogens is 493 g/mol. The van der Waals surface area contributed by atoms with Gasteiger partial charge in [-0.1, -0.05) is 47.5 Å². The summed E-state index contributed by atoms with van der Waals surface area (Å²) in [5.74, 6) is -0.230. The van der Waals surface area contributed by atoms with Crippen molar-refractivity contribution in [3.05, 3.63) is 87.4 Å². The van der Waals surface area contributed by atoms with E-state index in [0.29, 0.717) is 36.9 Å². The van der Waals surface area contributed by atoms with E-state index in [1.807, 2.05) is 44.2 Å². The maximum Gasteiger partial charge on any atom is 0.263 e. The number of hydrogen-bond acceptors (Lipinski definition) is 4. The summed E-state index contributed by atoms with van der Waals surface area (Å²) in [7, 11) is -3.98. The third-order valence-corrected chi connectivity index (χ3v) is 8.02. The van der Waals surface area contributed by atoms with E-state index >= 15 is 0 Å². The largest absolute Gasteiger partial charge is 0.368 e. The first-order valence-electron chi connectivity index (χ1n) is 10.8. The molecule has 4 rings (SSSR count). The van der Waals surface area contributed by atoms with Gasteiger partial charge in [-0.25, -0.2) is 8.42 Å². The quantitative estimate of drug-likeness (QED) is 0.493. The molecule has 0 saturated carbocycles. The fourth-order valence-corrected chi connectivity index (χ4v) is 5.81. The molecule has 3 aromatic carbocycles. The molecule has 0 unspecified atom stereocenters. The molecule has 1 aliphatic heterocycles. The molecule has 1 heterocycles. The van der Waals surface area contributed by atoms with Crippen molar-refractivity contribution in [2.75, 3.05) is 35.8 Å². The Morgan fingerprint density at radius 1 is 0.882 bits per heavy atom. The number of amides is 1. The van der Waals surface area contributed by atoms with Gasteiger partial charge in [0.05, 0.1) is 10.7 Å². The van der Waals surface area contributed by atoms with Gasteiger partial charge in [0.2, 0.25) is 0 Å². The zero-order valence-corrected chi connectivity index (χ0v) is 21.2. The molecule has 178 valence electrons. The predicted octanol–water partition coefficient (Wildman–Crippen LogP) is 5.37. The summed E-state index contributed by atoms with van der Waals surface area (Å²) in [5, 5.41) is 0.729. The van der Waals surface area contributed by atoms with Gasteiger partial charge < -0.3 is 9.80 Å². The summed E-state index contributed by atoms with van der Waals surface area (Å²) in [6.45, 7) is 6.17. The molecule has 0 aromatic heterocycles. The van der Waals surface area contributed by atoms with Gasteiger partial charge in [-0.05, 0) is 61.4 Å². The van der Waals surface area contributed by atoms with E-state index in [9.17, 15) is 13.2 Å². The molecular formula is C25H25Cl2N3O3S. The number of carbonyl (C=O) groups is 1. The maximum atomic E-state index is 13.2. The first-order valence-corrected chi connectivity index (χ1v) is 13.1. The molecule has 0 spiro atoms. The Bertz CT molecular complexity index is 1340. The summed E-state index contributed by atoms with van der Waals surface area (Å²) in [4.78, 5) is 17.0. The van der Waals surface area contributed by atoms with Crippen molar-refractivity contribution in [1.82, 2.24) is 4.90 Å². The highest BCUT2D eigenvalue weighted by atomic mass is 35.5. The van der Waals surface area contributed by atoms with Crippen LogP contribution in [0.3, 0.4) is 0 Å². The van der Waals surface area contributed by atoms with Crippen molar-refractivity contribution in [1.29, 1.82) is 0 Å². The van der Waals surface area contributed by atoms with Gasteiger partial charge in [0.25, 0.3) is 15.9 Å². The van der Waals surface area contributed by atoms with E-state index in [-0.39, 0.29) is 21.4 Å². The van der Waals surface area contributed by atoms with Crippen molar-refractivity contribution < 1.29 is 13.2 Å². The number of sulfonamides is 1. The molecule has 0 aliphatic carbocycles. The molecule has 1 aliphatic rings. The van der Waals surface area contributed by atoms with E-state index in [2.05, 4.69) is 9.62 Å². The lowest BCUT2D eigenvalue weighted by molar-refractivity contribution is 0.0746. The Labute approximate surface area is 210 Å². The number of piperazine rings is 1. The van der Waals surface area contributed by atoms with Gasteiger partial charge in [0, 0.05) is 42.5 Å². The monoisotopic (exact) mass is 517 g/mol. The first-order chi connectivity index (χ1) is 16.2. The second-order valence-electron chi connectivity index (χ2n) is 8.28. The van der Waals surface area contributed by atoms with Crippen LogP contribution in [0.15, 0.2) is 65.6 Å². The molecule has 0 bridgehead atoms. The lowest BCUT2D eigenvalue weighted by Gasteiger charge is -2.37. The average Bonchev–Trinajstić information content (AvgIpc) is 2.82. The standard InChI is InChI=1S/C25H25Cl2N3O3S/c1-17-5-3-4-6-22(17)28-34(32,33)24-15-19(8-10-21(24)27)25(31)30-13-11-29(12-14-30)23-16-20(26)9-7-18(23)2/h3-10,15-16,28H,11-14H2,1-2H3. The highest BCUT2D eigenvalue weighted by molar-refractivity contribution is 7.92. The van der Waals surface area contributed by atoms with Crippen LogP contribution in [0, 0.1) is 13.8 Å². The van der Waals surface area contributed by atoms with E-state index in [1.165, 1.54) is 12.1 Å². The zero-order valence-electron chi connectivity index (χ0n) is 18.9. The van der Waals surface area contributed by atoms with Crippen LogP contribution in [-0.4, -0.2) is 45.4 Å². The molecule has 6 nitrogen and oxygen atoms in total. The highest BCUT2D eigenvalue weighted by Crippen LogP contribution is 2.28. The number of carbonyl (C=O) groups excluding carboxylic acids is 1. The Kier molecular flexibility index (Phi) is 7.07. The lowest BCUT2D eigenvalue weighted by atomic mass is 10.1. The number of hydrogen-bond donors (Lipinski definition) is 1. The molecule has 3 aromatic rings. The number of halogens is 2. The minimum absolute atomic E-state index is 0.0545. The number of nitrogens with zero attached hydrogens (tertiary/aromatic N) is 2. The van der Waals surface area contributed by atoms with Crippen LogP contribution in [-0.2, 0) is 10.0 Å². The predicted molar refractivity (Wildman–Crippen MR) is 138 cm³/mol. The molecule has 1 fully saturated rings. The van der Waals surface area contributed by atoms with Crippen LogP contribution in [0.2, 0.25) is 10.0 Å². The molecule has 0 atom stereocenters. The van der Waals surface area contributed by atoms with Crippen molar-refractivity contribution in [2.45, 2.75) is 18.7 Å². The van der Waals surface area contributed by atoms with E-state index in [4.69, 9.17) is 23.2 Å². The van der Waals surface area contributed by atoms with Gasteiger partial charge in [0.1, 0.15) is 4.90 Å². The SMILES string of the molecule is Cc1ccccc1NS(=O)(=O)c1cc(C(=O)N2CCN(c3cc(Cl)ccc3C)CC2)ccc1Cl. The molecule has 1 N–H and O–H groups in total. The second kappa shape index (κ2) is 9.86. The number of aryl methyl sites for hydroxylation is 2. The number of anilines is 2. The highest BCUT2D eigenvalue weighted by Gasteiger charge is 2.26. The summed E-state index contributed by atoms with van der Waals surface area (Å²) >= 11 is 12.4. The summed E-state index contributed by atoms with van der Waals surface area (Å²) in [6.07, 6.45) is 0. The van der Waals surface area contributed by atoms with Crippen LogP contribution in [0.25, 0.3) is 0 Å². The third kappa shape index (κ3) is 5.17. The van der Waals surface area contributed by atoms with Crippen LogP contribution in [0.1, 0.15) is 21.5 Å². The second-order valence-corrected chi connectivity index (χ2v) is 10.8. The van der Waals surface area contributed by atoms with Gasteiger partial charge in [-0.15, -0.1) is 0 Å². The summed E-state index contributed by atoms with van der Waals surface area (Å²) in [5.41, 5.74) is 3.70. The van der Waals surface area contributed by atoms with Gasteiger partial charge in [0.15, 0.2) is 0 Å². The van der Waals surface area contributed by atoms with E-state index in [1.54, 1.807) is 23.1 Å². The molecule has 1 amide bonds. The number of benzene rings is 3. The Morgan fingerprint density at radius 2 is 1.59 bits per heavy atom. The Balaban J connectivity index is 1.51. The molecule has 1 saturated heterocycles. The fourth-order valence-electron chi connectivity index (χ4n) is 3.99. The van der Waals surface area contributed by atoms with Gasteiger partial charge in [-0.3, -0.25) is 9.52 Å². The molecule has 9 heteroatoms. The molecule has 34 heavy (non-hydrogen) atoms. The zero-order chi connectivity index (χ0) is 24.5. The van der Waals surface area contributed by atoms with Crippen molar-refractivity contribution in [3.8, 4) is 0 Å². The maximum absolute atomic E-state index is 13.2. The Morgan fingerprint density at radius 3 is 2.29 bits per heavy atom. The smallest absolute Gasteiger partial charge is 0.263 e. The first kappa shape index (κ1) is 24.4. The minimum atomic E-state index is -3.98. The Hall–Kier alpha value is -2.74. The minimum Gasteiger partial charge on any atom is -0.368 e. The topological polar surface area (TPSA) is 69.7 Å². The van der Waals surface area contributed by atoms with Crippen LogP contribution in [0.4, 0.5) is 11.4 Å². The number of rotatable bonds is 5. The fraction of sp³-hybridized carbons (Fsp3) is 0.240. The third-order valence-electron chi connectivity index (χ3n) is 5.94. The normalized spacial score (nSPS) is 14.2. The summed E-state index contributed by atoms with van der Waals surface area (Å²) < 4.78 is 28.7. The lowest BCUT2D eigenvalue weighted by Crippen LogP contribution is -2.49. The van der Waals surface area contributed by atoms with Crippen LogP contribution < -0.4 is 9.62 Å². The number of nitrogens with one attached hydrogen (secondary N) is 1. The van der Waals surface area contributed by atoms with Gasteiger partial charge >= 0.3 is 0 Å². The summed E-state index contributed by atoms with van der Waals surface area (Å²) in [6, 6.07) is 17.2. The van der Waals surface area contributed by atoms with Gasteiger partial charge in [-0.2, -0.15) is 0 Å².